The van der Waals surface area contributed by atoms with Gasteiger partial charge in [-0.05, 0) is 37.5 Å². The number of nitrogens with two attached hydrogens (primary N) is 1. The minimum atomic E-state index is 0.0479. The average Bonchev–Trinajstić information content (AvgIpc) is 2.77. The van der Waals surface area contributed by atoms with Gasteiger partial charge in [-0.2, -0.15) is 5.10 Å². The molecule has 0 aliphatic carbocycles. The fourth-order valence-corrected chi connectivity index (χ4v) is 2.11. The second-order valence-corrected chi connectivity index (χ2v) is 4.77. The van der Waals surface area contributed by atoms with Gasteiger partial charge in [-0.3, -0.25) is 16.0 Å². The number of benzene rings is 1. The summed E-state index contributed by atoms with van der Waals surface area (Å²) in [5, 5.41) is 4.40. The molecule has 0 fully saturated rings. The fraction of sp³-hybridized carbons (Fsp3) is 0.357. The molecule has 0 aliphatic heterocycles. The summed E-state index contributed by atoms with van der Waals surface area (Å²) in [5.41, 5.74) is 7.69. The van der Waals surface area contributed by atoms with E-state index in [1.165, 1.54) is 16.7 Å². The molecule has 1 unspecified atom stereocenters. The van der Waals surface area contributed by atoms with E-state index < -0.39 is 0 Å². The Kier molecular flexibility index (Phi) is 3.79. The van der Waals surface area contributed by atoms with Gasteiger partial charge in [0, 0.05) is 13.2 Å². The second-order valence-electron chi connectivity index (χ2n) is 4.77. The minimum absolute atomic E-state index is 0.0479. The maximum absolute atomic E-state index is 5.65. The summed E-state index contributed by atoms with van der Waals surface area (Å²) in [7, 11) is 1.91. The van der Waals surface area contributed by atoms with Crippen molar-refractivity contribution in [2.75, 3.05) is 0 Å². The zero-order chi connectivity index (χ0) is 13.1. The highest BCUT2D eigenvalue weighted by molar-refractivity contribution is 5.31. The van der Waals surface area contributed by atoms with Crippen LogP contribution in [0.3, 0.4) is 0 Å². The first-order chi connectivity index (χ1) is 8.60. The van der Waals surface area contributed by atoms with Crippen LogP contribution in [0.25, 0.3) is 0 Å². The third kappa shape index (κ3) is 2.78. The lowest BCUT2D eigenvalue weighted by Crippen LogP contribution is -2.30. The van der Waals surface area contributed by atoms with Crippen molar-refractivity contribution >= 4 is 0 Å². The number of aromatic nitrogens is 2. The number of nitrogens with zero attached hydrogens (tertiary/aromatic N) is 2. The quantitative estimate of drug-likeness (QED) is 0.637. The van der Waals surface area contributed by atoms with E-state index in [9.17, 15) is 0 Å². The Balaban J connectivity index is 2.22. The lowest BCUT2D eigenvalue weighted by molar-refractivity contribution is 0.528. The molecular formula is C14H20N4. The molecule has 3 N–H and O–H groups in total. The van der Waals surface area contributed by atoms with Crippen LogP contribution in [0.4, 0.5) is 0 Å². The van der Waals surface area contributed by atoms with Gasteiger partial charge < -0.3 is 0 Å². The van der Waals surface area contributed by atoms with Gasteiger partial charge in [-0.1, -0.05) is 23.8 Å². The third-order valence-corrected chi connectivity index (χ3v) is 3.22. The van der Waals surface area contributed by atoms with Gasteiger partial charge in [0.25, 0.3) is 0 Å². The van der Waals surface area contributed by atoms with Crippen LogP contribution in [0, 0.1) is 13.8 Å². The number of hydrazine groups is 1. The summed E-state index contributed by atoms with van der Waals surface area (Å²) in [6.45, 7) is 4.23. The van der Waals surface area contributed by atoms with E-state index in [2.05, 4.69) is 42.6 Å². The van der Waals surface area contributed by atoms with E-state index in [4.69, 9.17) is 5.84 Å². The number of hydrogen-bond acceptors (Lipinski definition) is 3. The molecule has 0 spiro atoms. The lowest BCUT2D eigenvalue weighted by Gasteiger charge is -2.15. The van der Waals surface area contributed by atoms with Crippen LogP contribution in [-0.4, -0.2) is 9.78 Å². The summed E-state index contributed by atoms with van der Waals surface area (Å²) in [6.07, 6.45) is 2.78. The number of nitrogens with one attached hydrogen (secondary N) is 1. The Labute approximate surface area is 108 Å². The van der Waals surface area contributed by atoms with Crippen LogP contribution in [0.15, 0.2) is 30.5 Å². The Morgan fingerprint density at radius 2 is 2.11 bits per heavy atom. The van der Waals surface area contributed by atoms with E-state index in [-0.39, 0.29) is 6.04 Å². The van der Waals surface area contributed by atoms with Crippen molar-refractivity contribution in [3.05, 3.63) is 52.8 Å². The molecule has 96 valence electrons. The average molecular weight is 244 g/mol. The van der Waals surface area contributed by atoms with Crippen molar-refractivity contribution in [1.82, 2.24) is 15.2 Å². The Hall–Kier alpha value is -1.65. The molecule has 2 rings (SSSR count). The maximum Gasteiger partial charge on any atom is 0.0810 e. The van der Waals surface area contributed by atoms with E-state index in [0.29, 0.717) is 0 Å². The third-order valence-electron chi connectivity index (χ3n) is 3.22. The number of hydrogen-bond donors (Lipinski definition) is 2. The van der Waals surface area contributed by atoms with Gasteiger partial charge >= 0.3 is 0 Å². The van der Waals surface area contributed by atoms with Crippen LogP contribution in [-0.2, 0) is 13.5 Å². The van der Waals surface area contributed by atoms with Crippen LogP contribution in [0.1, 0.15) is 28.4 Å². The van der Waals surface area contributed by atoms with Gasteiger partial charge in [0.1, 0.15) is 0 Å². The van der Waals surface area contributed by atoms with Gasteiger partial charge in [0.2, 0.25) is 0 Å². The first kappa shape index (κ1) is 12.8. The van der Waals surface area contributed by atoms with Crippen molar-refractivity contribution in [2.24, 2.45) is 12.9 Å². The molecule has 2 aromatic rings. The fourth-order valence-electron chi connectivity index (χ4n) is 2.11. The maximum atomic E-state index is 5.65. The molecule has 1 aromatic heterocycles. The molecule has 0 amide bonds. The van der Waals surface area contributed by atoms with E-state index >= 15 is 0 Å². The highest BCUT2D eigenvalue weighted by atomic mass is 15.3. The summed E-state index contributed by atoms with van der Waals surface area (Å²) < 4.78 is 1.79. The zero-order valence-electron chi connectivity index (χ0n) is 11.1. The molecule has 18 heavy (non-hydrogen) atoms. The Bertz CT molecular complexity index is 530. The molecule has 4 heteroatoms. The zero-order valence-corrected chi connectivity index (χ0v) is 11.1. The van der Waals surface area contributed by atoms with Crippen molar-refractivity contribution in [3.63, 3.8) is 0 Å². The predicted molar refractivity (Wildman–Crippen MR) is 72.9 cm³/mol. The molecule has 1 aromatic carbocycles. The second kappa shape index (κ2) is 5.33. The van der Waals surface area contributed by atoms with E-state index in [1.807, 2.05) is 19.3 Å². The van der Waals surface area contributed by atoms with Crippen LogP contribution < -0.4 is 11.3 Å². The van der Waals surface area contributed by atoms with E-state index in [1.54, 1.807) is 4.68 Å². The van der Waals surface area contributed by atoms with Crippen LogP contribution >= 0.6 is 0 Å². The van der Waals surface area contributed by atoms with Gasteiger partial charge in [-0.25, -0.2) is 0 Å². The summed E-state index contributed by atoms with van der Waals surface area (Å²) >= 11 is 0. The highest BCUT2D eigenvalue weighted by Crippen LogP contribution is 2.19. The molecule has 1 heterocycles. The molecule has 0 saturated heterocycles. The summed E-state index contributed by atoms with van der Waals surface area (Å²) in [5.74, 6) is 5.65. The molecule has 4 nitrogen and oxygen atoms in total. The molecule has 0 aliphatic rings. The molecule has 1 atom stereocenters. The van der Waals surface area contributed by atoms with E-state index in [0.717, 1.165) is 12.1 Å². The van der Waals surface area contributed by atoms with Crippen LogP contribution in [0.2, 0.25) is 0 Å². The topological polar surface area (TPSA) is 55.9 Å². The van der Waals surface area contributed by atoms with Crippen molar-refractivity contribution in [2.45, 2.75) is 26.3 Å². The first-order valence-corrected chi connectivity index (χ1v) is 6.12. The lowest BCUT2D eigenvalue weighted by atomic mass is 9.98. The van der Waals surface area contributed by atoms with Crippen LogP contribution in [0.5, 0.6) is 0 Å². The molecular weight excluding hydrogens is 224 g/mol. The highest BCUT2D eigenvalue weighted by Gasteiger charge is 2.14. The summed E-state index contributed by atoms with van der Waals surface area (Å²) in [4.78, 5) is 0. The number of aryl methyl sites for hydroxylation is 3. The van der Waals surface area contributed by atoms with Crippen molar-refractivity contribution < 1.29 is 0 Å². The predicted octanol–water partition coefficient (Wildman–Crippen LogP) is 1.78. The smallest absolute Gasteiger partial charge is 0.0810 e. The standard InChI is InChI=1S/C14H20N4/c1-10-4-5-11(2)12(8-10)9-14(16-15)13-6-7-18(3)17-13/h4-8,14,16H,9,15H2,1-3H3. The molecule has 0 bridgehead atoms. The normalized spacial score (nSPS) is 12.7. The van der Waals surface area contributed by atoms with Gasteiger partial charge in [0.15, 0.2) is 0 Å². The van der Waals surface area contributed by atoms with Gasteiger partial charge in [-0.15, -0.1) is 0 Å². The summed E-state index contributed by atoms with van der Waals surface area (Å²) in [6, 6.07) is 8.53. The first-order valence-electron chi connectivity index (χ1n) is 6.12. The Morgan fingerprint density at radius 1 is 1.33 bits per heavy atom. The monoisotopic (exact) mass is 244 g/mol. The molecule has 0 radical (unpaired) electrons. The SMILES string of the molecule is Cc1ccc(C)c(CC(NN)c2ccn(C)n2)c1. The number of rotatable bonds is 4. The molecule has 0 saturated carbocycles. The van der Waals surface area contributed by atoms with Crippen molar-refractivity contribution in [1.29, 1.82) is 0 Å². The van der Waals surface area contributed by atoms with Crippen molar-refractivity contribution in [3.8, 4) is 0 Å². The van der Waals surface area contributed by atoms with Gasteiger partial charge in [0.05, 0.1) is 11.7 Å². The Morgan fingerprint density at radius 3 is 2.72 bits per heavy atom. The minimum Gasteiger partial charge on any atom is -0.275 e. The largest absolute Gasteiger partial charge is 0.275 e.